The number of benzene rings is 2. The minimum atomic E-state index is -0.0101. The zero-order valence-corrected chi connectivity index (χ0v) is 25.2. The van der Waals surface area contributed by atoms with Gasteiger partial charge in [-0.15, -0.1) is 0 Å². The highest BCUT2D eigenvalue weighted by Gasteiger charge is 2.33. The van der Waals surface area contributed by atoms with Gasteiger partial charge in [0.1, 0.15) is 16.5 Å². The molecule has 3 aliphatic heterocycles. The molecule has 222 valence electrons. The van der Waals surface area contributed by atoms with Crippen molar-refractivity contribution in [1.82, 2.24) is 19.8 Å². The van der Waals surface area contributed by atoms with E-state index in [-0.39, 0.29) is 5.91 Å². The molecule has 42 heavy (non-hydrogen) atoms. The number of fused-ring (bicyclic) bond motifs is 1. The van der Waals surface area contributed by atoms with Gasteiger partial charge in [-0.05, 0) is 63.0 Å². The second kappa shape index (κ2) is 12.2. The lowest BCUT2D eigenvalue weighted by Gasteiger charge is -2.41. The maximum Gasteiger partial charge on any atom is 0.256 e. The molecule has 1 aromatic heterocycles. The zero-order chi connectivity index (χ0) is 29.2. The van der Waals surface area contributed by atoms with Crippen molar-refractivity contribution in [2.75, 3.05) is 63.0 Å². The van der Waals surface area contributed by atoms with Gasteiger partial charge >= 0.3 is 0 Å². The van der Waals surface area contributed by atoms with Crippen molar-refractivity contribution in [2.24, 2.45) is 0 Å². The van der Waals surface area contributed by atoms with Crippen LogP contribution in [0.2, 0.25) is 5.02 Å². The number of likely N-dealkylation sites (tertiary alicyclic amines) is 1. The number of ether oxygens (including phenoxy) is 2. The molecule has 2 saturated heterocycles. The monoisotopic (exact) mass is 591 g/mol. The molecule has 6 rings (SSSR count). The molecule has 1 amide bonds. The van der Waals surface area contributed by atoms with Crippen molar-refractivity contribution in [2.45, 2.75) is 44.7 Å². The highest BCUT2D eigenvalue weighted by molar-refractivity contribution is 6.33. The fourth-order valence-electron chi connectivity index (χ4n) is 6.36. The van der Waals surface area contributed by atoms with E-state index in [1.165, 1.54) is 38.5 Å². The molecule has 10 nitrogen and oxygen atoms in total. The van der Waals surface area contributed by atoms with Crippen molar-refractivity contribution in [3.63, 3.8) is 0 Å². The molecule has 3 aromatic rings. The van der Waals surface area contributed by atoms with Gasteiger partial charge in [-0.25, -0.2) is 4.98 Å². The lowest BCUT2D eigenvalue weighted by atomic mass is 9.97. The van der Waals surface area contributed by atoms with Crippen LogP contribution in [0.4, 0.5) is 28.8 Å². The maximum atomic E-state index is 13.4. The summed E-state index contributed by atoms with van der Waals surface area (Å²) in [5, 5.41) is 6.86. The van der Waals surface area contributed by atoms with Crippen LogP contribution >= 0.6 is 11.6 Å². The Morgan fingerprint density at radius 3 is 2.45 bits per heavy atom. The topological polar surface area (TPSA) is 95.1 Å². The first-order chi connectivity index (χ1) is 20.4. The Morgan fingerprint density at radius 1 is 0.952 bits per heavy atom. The van der Waals surface area contributed by atoms with Crippen LogP contribution in [-0.4, -0.2) is 79.2 Å². The number of anilines is 5. The number of rotatable bonds is 8. The molecule has 0 atom stereocenters. The predicted molar refractivity (Wildman–Crippen MR) is 166 cm³/mol. The molecule has 0 spiro atoms. The number of hydrogen-bond donors (Lipinski definition) is 2. The van der Waals surface area contributed by atoms with Crippen molar-refractivity contribution >= 4 is 46.3 Å². The summed E-state index contributed by atoms with van der Waals surface area (Å²) in [4.78, 5) is 29.3. The van der Waals surface area contributed by atoms with E-state index in [2.05, 4.69) is 36.5 Å². The van der Waals surface area contributed by atoms with Gasteiger partial charge < -0.3 is 34.8 Å². The molecule has 0 unspecified atom stereocenters. The van der Waals surface area contributed by atoms with Crippen LogP contribution in [0.1, 0.15) is 48.0 Å². The lowest BCUT2D eigenvalue weighted by Crippen LogP contribution is -2.47. The fraction of sp³-hybridized carbons (Fsp3) is 0.452. The average molecular weight is 592 g/mol. The summed E-state index contributed by atoms with van der Waals surface area (Å²) >= 11 is 6.53. The normalized spacial score (nSPS) is 17.8. The molecule has 0 radical (unpaired) electrons. The average Bonchev–Trinajstić information content (AvgIpc) is 3.33. The van der Waals surface area contributed by atoms with Crippen molar-refractivity contribution in [3.8, 4) is 11.5 Å². The number of halogens is 1. The molecule has 2 aromatic carbocycles. The molecule has 0 aliphatic carbocycles. The van der Waals surface area contributed by atoms with E-state index in [0.29, 0.717) is 57.8 Å². The fourth-order valence-corrected chi connectivity index (χ4v) is 6.50. The van der Waals surface area contributed by atoms with Crippen LogP contribution in [0.5, 0.6) is 11.5 Å². The third-order valence-corrected chi connectivity index (χ3v) is 8.89. The molecular formula is C31H38ClN7O3. The van der Waals surface area contributed by atoms with Gasteiger partial charge in [-0.2, -0.15) is 4.98 Å². The van der Waals surface area contributed by atoms with Gasteiger partial charge in [-0.1, -0.05) is 18.0 Å². The number of aromatic nitrogens is 2. The molecule has 4 heterocycles. The maximum absolute atomic E-state index is 13.4. The molecular weight excluding hydrogens is 554 g/mol. The number of amides is 1. The van der Waals surface area contributed by atoms with Crippen molar-refractivity contribution in [3.05, 3.63) is 52.7 Å². The summed E-state index contributed by atoms with van der Waals surface area (Å²) in [5.74, 6) is 1.99. The zero-order valence-electron chi connectivity index (χ0n) is 24.5. The van der Waals surface area contributed by atoms with E-state index >= 15 is 0 Å². The van der Waals surface area contributed by atoms with E-state index in [0.717, 1.165) is 37.2 Å². The minimum Gasteiger partial charge on any atom is -0.497 e. The van der Waals surface area contributed by atoms with Gasteiger partial charge in [0.2, 0.25) is 5.95 Å². The van der Waals surface area contributed by atoms with Crippen LogP contribution < -0.4 is 25.0 Å². The molecule has 2 fully saturated rings. The molecule has 3 aliphatic rings. The first-order valence-electron chi connectivity index (χ1n) is 14.6. The summed E-state index contributed by atoms with van der Waals surface area (Å²) in [6.45, 7) is 5.04. The SMILES string of the molecule is COc1ccc(Nc2ncc(Cl)c(Nc3ccc(N4CCC(N5CCCCC5)CC4)c4c3C(=O)N(C)C4)n2)c(OC)c1. The predicted octanol–water partition coefficient (Wildman–Crippen LogP) is 5.67. The quantitative estimate of drug-likeness (QED) is 0.343. The van der Waals surface area contributed by atoms with E-state index in [4.69, 9.17) is 21.1 Å². The number of carbonyl (C=O) groups is 1. The van der Waals surface area contributed by atoms with Crippen LogP contribution in [0.15, 0.2) is 36.5 Å². The molecule has 0 bridgehead atoms. The van der Waals surface area contributed by atoms with Gasteiger partial charge in [0, 0.05) is 50.0 Å². The number of nitrogens with one attached hydrogen (secondary N) is 2. The third kappa shape index (κ3) is 5.65. The Balaban J connectivity index is 1.23. The summed E-state index contributed by atoms with van der Waals surface area (Å²) in [7, 11) is 5.04. The number of piperidine rings is 2. The Morgan fingerprint density at radius 2 is 1.71 bits per heavy atom. The van der Waals surface area contributed by atoms with E-state index in [1.807, 2.05) is 25.2 Å². The second-order valence-electron chi connectivity index (χ2n) is 11.2. The van der Waals surface area contributed by atoms with Crippen LogP contribution in [0.25, 0.3) is 0 Å². The summed E-state index contributed by atoms with van der Waals surface area (Å²) < 4.78 is 10.8. The van der Waals surface area contributed by atoms with E-state index in [9.17, 15) is 4.79 Å². The van der Waals surface area contributed by atoms with Gasteiger partial charge in [0.15, 0.2) is 5.82 Å². The Bertz CT molecular complexity index is 1450. The van der Waals surface area contributed by atoms with E-state index < -0.39 is 0 Å². The minimum absolute atomic E-state index is 0.0101. The third-order valence-electron chi connectivity index (χ3n) is 8.61. The molecule has 0 saturated carbocycles. The van der Waals surface area contributed by atoms with Crippen molar-refractivity contribution < 1.29 is 14.3 Å². The highest BCUT2D eigenvalue weighted by Crippen LogP contribution is 2.39. The second-order valence-corrected chi connectivity index (χ2v) is 11.6. The van der Waals surface area contributed by atoms with Crippen molar-refractivity contribution in [1.29, 1.82) is 0 Å². The van der Waals surface area contributed by atoms with Gasteiger partial charge in [-0.3, -0.25) is 4.79 Å². The van der Waals surface area contributed by atoms with Gasteiger partial charge in [0.05, 0.1) is 37.4 Å². The molecule has 11 heteroatoms. The number of nitrogens with zero attached hydrogens (tertiary/aromatic N) is 5. The van der Waals surface area contributed by atoms with Crippen LogP contribution in [0.3, 0.4) is 0 Å². The summed E-state index contributed by atoms with van der Waals surface area (Å²) in [5.41, 5.74) is 4.23. The van der Waals surface area contributed by atoms with Gasteiger partial charge in [0.25, 0.3) is 5.91 Å². The first kappa shape index (κ1) is 28.4. The summed E-state index contributed by atoms with van der Waals surface area (Å²) in [6.07, 6.45) is 7.84. The Kier molecular flexibility index (Phi) is 8.26. The smallest absolute Gasteiger partial charge is 0.256 e. The number of methoxy groups -OCH3 is 2. The molecule has 2 N–H and O–H groups in total. The lowest BCUT2D eigenvalue weighted by molar-refractivity contribution is 0.0817. The first-order valence-corrected chi connectivity index (χ1v) is 15.0. The van der Waals surface area contributed by atoms with Crippen LogP contribution in [0, 0.1) is 0 Å². The Hall–Kier alpha value is -3.76. The summed E-state index contributed by atoms with van der Waals surface area (Å²) in [6, 6.07) is 10.2. The Labute approximate surface area is 252 Å². The highest BCUT2D eigenvalue weighted by atomic mass is 35.5. The standard InChI is InChI=1S/C31H38ClN7O3/c1-37-19-22-26(39-15-11-20(12-16-39)38-13-5-4-6-14-38)10-9-25(28(22)30(37)40)34-29-23(32)18-33-31(36-29)35-24-8-7-21(41-2)17-27(24)42-3/h7-10,17-18,20H,4-6,11-16,19H2,1-3H3,(H2,33,34,35,36). The largest absolute Gasteiger partial charge is 0.497 e. The number of carbonyl (C=O) groups excluding carboxylic acids is 1. The number of hydrogen-bond acceptors (Lipinski definition) is 9. The van der Waals surface area contributed by atoms with E-state index in [1.54, 1.807) is 25.2 Å². The van der Waals surface area contributed by atoms with Crippen LogP contribution in [-0.2, 0) is 6.54 Å².